The van der Waals surface area contributed by atoms with Gasteiger partial charge in [-0.15, -0.1) is 0 Å². The number of ether oxygens (including phenoxy) is 2. The van der Waals surface area contributed by atoms with Crippen LogP contribution in [-0.4, -0.2) is 30.5 Å². The van der Waals surface area contributed by atoms with Crippen molar-refractivity contribution in [1.29, 1.82) is 0 Å². The molecule has 0 saturated carbocycles. The molecule has 3 aromatic rings. The number of esters is 1. The second kappa shape index (κ2) is 9.42. The van der Waals surface area contributed by atoms with Crippen molar-refractivity contribution >= 4 is 23.4 Å². The maximum atomic E-state index is 12.9. The SMILES string of the molecule is CCOC(=O)c1c(NC(=O)c2ccc(-c3ccc(OC)cc3[N+](=O)[O-])o2)oc2c1CCC(C)C2. The van der Waals surface area contributed by atoms with E-state index in [9.17, 15) is 19.7 Å². The molecule has 1 unspecified atom stereocenters. The summed E-state index contributed by atoms with van der Waals surface area (Å²) in [5.74, 6) is 0.198. The summed E-state index contributed by atoms with van der Waals surface area (Å²) in [6, 6.07) is 7.18. The van der Waals surface area contributed by atoms with Crippen molar-refractivity contribution in [1.82, 2.24) is 0 Å². The number of rotatable bonds is 7. The number of furan rings is 2. The van der Waals surface area contributed by atoms with Gasteiger partial charge in [-0.1, -0.05) is 6.92 Å². The lowest BCUT2D eigenvalue weighted by Crippen LogP contribution is -2.16. The van der Waals surface area contributed by atoms with Gasteiger partial charge in [0.15, 0.2) is 5.76 Å². The fourth-order valence-electron chi connectivity index (χ4n) is 4.03. The Morgan fingerprint density at radius 2 is 2.03 bits per heavy atom. The molecule has 1 aliphatic rings. The number of nitrogens with zero attached hydrogens (tertiary/aromatic N) is 1. The Morgan fingerprint density at radius 1 is 1.24 bits per heavy atom. The fraction of sp³-hybridized carbons (Fsp3) is 0.333. The predicted octanol–water partition coefficient (Wildman–Crippen LogP) is 5.01. The van der Waals surface area contributed by atoms with Gasteiger partial charge in [-0.25, -0.2) is 4.79 Å². The molecule has 0 spiro atoms. The van der Waals surface area contributed by atoms with Gasteiger partial charge in [0, 0.05) is 12.0 Å². The molecule has 4 rings (SSSR count). The van der Waals surface area contributed by atoms with Gasteiger partial charge >= 0.3 is 5.97 Å². The van der Waals surface area contributed by atoms with Crippen molar-refractivity contribution in [2.24, 2.45) is 5.92 Å². The largest absolute Gasteiger partial charge is 0.497 e. The van der Waals surface area contributed by atoms with E-state index in [0.29, 0.717) is 30.3 Å². The van der Waals surface area contributed by atoms with Crippen LogP contribution in [0, 0.1) is 16.0 Å². The molecule has 1 aromatic carbocycles. The van der Waals surface area contributed by atoms with Gasteiger partial charge in [0.25, 0.3) is 11.6 Å². The molecule has 0 saturated heterocycles. The Hall–Kier alpha value is -4.08. The zero-order chi connectivity index (χ0) is 24.4. The summed E-state index contributed by atoms with van der Waals surface area (Å²) in [5.41, 5.74) is 0.938. The van der Waals surface area contributed by atoms with Gasteiger partial charge in [0.1, 0.15) is 22.8 Å². The topological polar surface area (TPSA) is 134 Å². The number of methoxy groups -OCH3 is 1. The Morgan fingerprint density at radius 3 is 2.74 bits per heavy atom. The first-order valence-electron chi connectivity index (χ1n) is 10.9. The van der Waals surface area contributed by atoms with Crippen molar-refractivity contribution in [3.05, 3.63) is 63.1 Å². The van der Waals surface area contributed by atoms with Crippen LogP contribution in [-0.2, 0) is 17.6 Å². The van der Waals surface area contributed by atoms with Crippen LogP contribution in [0.25, 0.3) is 11.3 Å². The maximum absolute atomic E-state index is 12.9. The third-order valence-electron chi connectivity index (χ3n) is 5.72. The van der Waals surface area contributed by atoms with E-state index in [-0.39, 0.29) is 40.8 Å². The lowest BCUT2D eigenvalue weighted by atomic mass is 9.88. The maximum Gasteiger partial charge on any atom is 0.344 e. The van der Waals surface area contributed by atoms with E-state index in [2.05, 4.69) is 12.2 Å². The summed E-state index contributed by atoms with van der Waals surface area (Å²) < 4.78 is 21.7. The highest BCUT2D eigenvalue weighted by atomic mass is 16.6. The third-order valence-corrected chi connectivity index (χ3v) is 5.72. The van der Waals surface area contributed by atoms with Crippen LogP contribution in [0.3, 0.4) is 0 Å². The number of hydrogen-bond donors (Lipinski definition) is 1. The summed E-state index contributed by atoms with van der Waals surface area (Å²) in [5, 5.41) is 14.1. The Balaban J connectivity index is 1.63. The van der Waals surface area contributed by atoms with E-state index in [1.54, 1.807) is 13.0 Å². The van der Waals surface area contributed by atoms with E-state index >= 15 is 0 Å². The molecule has 178 valence electrons. The van der Waals surface area contributed by atoms with Gasteiger partial charge in [0.2, 0.25) is 5.88 Å². The number of fused-ring (bicyclic) bond motifs is 1. The second-order valence-electron chi connectivity index (χ2n) is 8.03. The Bertz CT molecular complexity index is 1260. The summed E-state index contributed by atoms with van der Waals surface area (Å²) >= 11 is 0. The number of carbonyl (C=O) groups is 2. The van der Waals surface area contributed by atoms with Gasteiger partial charge in [0.05, 0.1) is 30.3 Å². The fourth-order valence-corrected chi connectivity index (χ4v) is 4.03. The van der Waals surface area contributed by atoms with Crippen LogP contribution < -0.4 is 10.1 Å². The van der Waals surface area contributed by atoms with Crippen molar-refractivity contribution in [3.8, 4) is 17.1 Å². The first kappa shape index (κ1) is 23.1. The van der Waals surface area contributed by atoms with E-state index in [1.807, 2.05) is 0 Å². The first-order chi connectivity index (χ1) is 16.3. The standard InChI is InChI=1S/C24H24N2O8/c1-4-32-24(28)21-16-7-5-13(2)11-20(16)34-23(21)25-22(27)19-10-9-18(33-19)15-8-6-14(31-3)12-17(15)26(29)30/h6,8-10,12-13H,4-5,7,11H2,1-3H3,(H,25,27). The second-order valence-corrected chi connectivity index (χ2v) is 8.03. The van der Waals surface area contributed by atoms with E-state index in [4.69, 9.17) is 18.3 Å². The zero-order valence-corrected chi connectivity index (χ0v) is 19.0. The highest BCUT2D eigenvalue weighted by Crippen LogP contribution is 2.37. The number of carbonyl (C=O) groups excluding carboxylic acids is 2. The van der Waals surface area contributed by atoms with E-state index in [1.165, 1.54) is 31.4 Å². The molecule has 1 amide bonds. The van der Waals surface area contributed by atoms with Crippen LogP contribution in [0.15, 0.2) is 39.2 Å². The average Bonchev–Trinajstić information content (AvgIpc) is 3.43. The van der Waals surface area contributed by atoms with Gasteiger partial charge in [-0.2, -0.15) is 0 Å². The monoisotopic (exact) mass is 468 g/mol. The van der Waals surface area contributed by atoms with Crippen LogP contribution in [0.4, 0.5) is 11.6 Å². The molecule has 34 heavy (non-hydrogen) atoms. The molecule has 0 aliphatic heterocycles. The molecule has 10 nitrogen and oxygen atoms in total. The molecule has 10 heteroatoms. The minimum Gasteiger partial charge on any atom is -0.497 e. The number of hydrogen-bond acceptors (Lipinski definition) is 8. The van der Waals surface area contributed by atoms with Gasteiger partial charge in [-0.05, 0) is 49.9 Å². The lowest BCUT2D eigenvalue weighted by Gasteiger charge is -2.16. The van der Waals surface area contributed by atoms with Crippen LogP contribution in [0.1, 0.15) is 52.5 Å². The quantitative estimate of drug-likeness (QED) is 0.290. The molecule has 0 fully saturated rings. The summed E-state index contributed by atoms with van der Waals surface area (Å²) in [4.78, 5) is 36.5. The molecule has 1 aliphatic carbocycles. The molecular formula is C24H24N2O8. The van der Waals surface area contributed by atoms with Crippen LogP contribution >= 0.6 is 0 Å². The van der Waals surface area contributed by atoms with Crippen LogP contribution in [0.5, 0.6) is 5.75 Å². The molecule has 0 radical (unpaired) electrons. The average molecular weight is 468 g/mol. The van der Waals surface area contributed by atoms with Crippen LogP contribution in [0.2, 0.25) is 0 Å². The third kappa shape index (κ3) is 4.39. The minimum absolute atomic E-state index is 0.0101. The highest BCUT2D eigenvalue weighted by Gasteiger charge is 2.31. The normalized spacial score (nSPS) is 14.9. The van der Waals surface area contributed by atoms with Crippen molar-refractivity contribution < 1.29 is 32.8 Å². The zero-order valence-electron chi connectivity index (χ0n) is 19.0. The molecule has 1 atom stereocenters. The lowest BCUT2D eigenvalue weighted by molar-refractivity contribution is -0.384. The number of amides is 1. The molecule has 2 heterocycles. The van der Waals surface area contributed by atoms with Crippen molar-refractivity contribution in [2.75, 3.05) is 19.0 Å². The Labute approximate surface area is 195 Å². The summed E-state index contributed by atoms with van der Waals surface area (Å²) in [6.45, 7) is 3.98. The predicted molar refractivity (Wildman–Crippen MR) is 121 cm³/mol. The van der Waals surface area contributed by atoms with Gasteiger partial charge in [-0.3, -0.25) is 20.2 Å². The smallest absolute Gasteiger partial charge is 0.344 e. The van der Waals surface area contributed by atoms with E-state index < -0.39 is 16.8 Å². The molecule has 2 aromatic heterocycles. The number of nitrogens with one attached hydrogen (secondary N) is 1. The highest BCUT2D eigenvalue weighted by molar-refractivity contribution is 6.06. The number of benzene rings is 1. The molecule has 0 bridgehead atoms. The van der Waals surface area contributed by atoms with Crippen molar-refractivity contribution in [3.63, 3.8) is 0 Å². The number of nitro benzene ring substituents is 1. The van der Waals surface area contributed by atoms with Crippen molar-refractivity contribution in [2.45, 2.75) is 33.1 Å². The minimum atomic E-state index is -0.660. The summed E-state index contributed by atoms with van der Waals surface area (Å²) in [6.07, 6.45) is 2.20. The number of anilines is 1. The Kier molecular flexibility index (Phi) is 6.40. The molecule has 1 N–H and O–H groups in total. The first-order valence-corrected chi connectivity index (χ1v) is 10.9. The molecular weight excluding hydrogens is 444 g/mol. The summed E-state index contributed by atoms with van der Waals surface area (Å²) in [7, 11) is 1.41. The van der Waals surface area contributed by atoms with E-state index in [0.717, 1.165) is 12.0 Å². The number of nitro groups is 1. The van der Waals surface area contributed by atoms with Gasteiger partial charge < -0.3 is 18.3 Å².